The maximum Gasteiger partial charge on any atom is 0.422 e. The lowest BCUT2D eigenvalue weighted by Gasteiger charge is -2.24. The number of halogens is 3. The van der Waals surface area contributed by atoms with Gasteiger partial charge in [0.2, 0.25) is 10.0 Å². The van der Waals surface area contributed by atoms with Crippen LogP contribution in [-0.4, -0.2) is 61.4 Å². The van der Waals surface area contributed by atoms with Gasteiger partial charge in [-0.15, -0.1) is 0 Å². The summed E-state index contributed by atoms with van der Waals surface area (Å²) in [5.41, 5.74) is 2.46. The number of benzene rings is 1. The number of ether oxygens (including phenoxy) is 2. The molecule has 1 amide bonds. The highest BCUT2D eigenvalue weighted by molar-refractivity contribution is 7.90. The second-order valence-electron chi connectivity index (χ2n) is 10.9. The fraction of sp³-hybridized carbons (Fsp3) is 0.630. The molecule has 13 heteroatoms. The molecule has 1 saturated heterocycles. The van der Waals surface area contributed by atoms with E-state index in [0.29, 0.717) is 74.7 Å². The van der Waals surface area contributed by atoms with Crippen molar-refractivity contribution in [1.29, 1.82) is 0 Å². The van der Waals surface area contributed by atoms with Crippen LogP contribution in [0.5, 0.6) is 5.75 Å². The van der Waals surface area contributed by atoms with Crippen molar-refractivity contribution < 1.29 is 35.9 Å². The Labute approximate surface area is 231 Å². The van der Waals surface area contributed by atoms with Gasteiger partial charge in [0.25, 0.3) is 5.91 Å². The fourth-order valence-corrected chi connectivity index (χ4v) is 6.71. The quantitative estimate of drug-likeness (QED) is 0.395. The van der Waals surface area contributed by atoms with Crippen molar-refractivity contribution in [3.8, 4) is 5.75 Å². The first-order valence-corrected chi connectivity index (χ1v) is 15.4. The first-order valence-electron chi connectivity index (χ1n) is 13.8. The van der Waals surface area contributed by atoms with Crippen LogP contribution < -0.4 is 14.8 Å². The zero-order valence-corrected chi connectivity index (χ0v) is 23.0. The first-order chi connectivity index (χ1) is 19.1. The molecule has 9 nitrogen and oxygen atoms in total. The number of amides is 1. The number of rotatable bonds is 12. The number of nitrogens with zero attached hydrogens (tertiary/aromatic N) is 2. The van der Waals surface area contributed by atoms with Crippen LogP contribution in [0.4, 0.5) is 13.2 Å². The number of aryl methyl sites for hydroxylation is 2. The van der Waals surface area contributed by atoms with Gasteiger partial charge in [-0.05, 0) is 55.7 Å². The zero-order chi connectivity index (χ0) is 28.3. The summed E-state index contributed by atoms with van der Waals surface area (Å²) in [6, 6.07) is 6.31. The normalized spacial score (nSPS) is 20.3. The Morgan fingerprint density at radius 2 is 1.93 bits per heavy atom. The number of sulfonamides is 1. The summed E-state index contributed by atoms with van der Waals surface area (Å²) in [7, 11) is -3.58. The molecule has 0 spiro atoms. The van der Waals surface area contributed by atoms with E-state index in [1.54, 1.807) is 16.8 Å². The number of carbonyl (C=O) groups excluding carboxylic acids is 1. The van der Waals surface area contributed by atoms with Gasteiger partial charge in [-0.1, -0.05) is 25.0 Å². The standard InChI is InChI=1S/C27H35F3N4O5S/c28-27(29,30)17-39-21-3-1-2-19(14-21)6-7-20-15-23-25(26(35)32-20)24(34(33-23)11-8-18-4-5-18)16-31-40(36,37)22-9-12-38-13-10-22/h1-3,14,18,20,22,31H,4-13,15-17H2,(H,32,35)/t20-/m0/s1. The lowest BCUT2D eigenvalue weighted by Crippen LogP contribution is -2.42. The SMILES string of the molecule is O=C1N[C@@H](CCc2cccc(OCC(F)(F)F)c2)Cc2nn(CCC3CC3)c(CNS(=O)(=O)C3CCOCC3)c21. The van der Waals surface area contributed by atoms with Crippen LogP contribution in [0, 0.1) is 5.92 Å². The Hall–Kier alpha value is -2.64. The van der Waals surface area contributed by atoms with Crippen molar-refractivity contribution in [2.45, 2.75) is 81.9 Å². The molecule has 1 atom stereocenters. The van der Waals surface area contributed by atoms with Gasteiger partial charge in [-0.3, -0.25) is 9.48 Å². The topological polar surface area (TPSA) is 112 Å². The third-order valence-corrected chi connectivity index (χ3v) is 9.60. The molecule has 2 fully saturated rings. The number of alkyl halides is 3. The van der Waals surface area contributed by atoms with Crippen molar-refractivity contribution in [3.63, 3.8) is 0 Å². The van der Waals surface area contributed by atoms with Crippen LogP contribution in [0.3, 0.4) is 0 Å². The molecule has 1 aliphatic carbocycles. The molecule has 3 aliphatic rings. The number of fused-ring (bicyclic) bond motifs is 1. The minimum absolute atomic E-state index is 0.00447. The number of hydrogen-bond acceptors (Lipinski definition) is 6. The third-order valence-electron chi connectivity index (χ3n) is 7.71. The van der Waals surface area contributed by atoms with E-state index in [1.165, 1.54) is 18.9 Å². The van der Waals surface area contributed by atoms with E-state index in [1.807, 2.05) is 6.07 Å². The molecule has 2 aliphatic heterocycles. The van der Waals surface area contributed by atoms with Crippen LogP contribution in [0.1, 0.15) is 65.8 Å². The molecule has 220 valence electrons. The Morgan fingerprint density at radius 3 is 2.65 bits per heavy atom. The van der Waals surface area contributed by atoms with Gasteiger partial charge in [0.1, 0.15) is 5.75 Å². The van der Waals surface area contributed by atoms with Gasteiger partial charge >= 0.3 is 6.18 Å². The van der Waals surface area contributed by atoms with Crippen LogP contribution in [0.15, 0.2) is 24.3 Å². The lowest BCUT2D eigenvalue weighted by molar-refractivity contribution is -0.153. The first kappa shape index (κ1) is 28.9. The average molecular weight is 585 g/mol. The van der Waals surface area contributed by atoms with E-state index in [9.17, 15) is 26.4 Å². The molecule has 0 unspecified atom stereocenters. The molecule has 0 radical (unpaired) electrons. The van der Waals surface area contributed by atoms with Crippen molar-refractivity contribution in [3.05, 3.63) is 46.8 Å². The van der Waals surface area contributed by atoms with Crippen LogP contribution >= 0.6 is 0 Å². The van der Waals surface area contributed by atoms with Crippen LogP contribution in [-0.2, 0) is 40.7 Å². The van der Waals surface area contributed by atoms with E-state index in [2.05, 4.69) is 10.0 Å². The molecular weight excluding hydrogens is 549 g/mol. The summed E-state index contributed by atoms with van der Waals surface area (Å²) in [5, 5.41) is 7.27. The highest BCUT2D eigenvalue weighted by atomic mass is 32.2. The summed E-state index contributed by atoms with van der Waals surface area (Å²) in [4.78, 5) is 13.3. The minimum Gasteiger partial charge on any atom is -0.484 e. The summed E-state index contributed by atoms with van der Waals surface area (Å²) >= 11 is 0. The summed E-state index contributed by atoms with van der Waals surface area (Å²) in [6.45, 7) is 0.0863. The zero-order valence-electron chi connectivity index (χ0n) is 22.2. The largest absolute Gasteiger partial charge is 0.484 e. The number of carbonyl (C=O) groups is 1. The van der Waals surface area contributed by atoms with Gasteiger partial charge in [0.15, 0.2) is 6.61 Å². The third kappa shape index (κ3) is 7.55. The molecule has 1 aromatic carbocycles. The Morgan fingerprint density at radius 1 is 1.15 bits per heavy atom. The van der Waals surface area contributed by atoms with Gasteiger partial charge in [-0.2, -0.15) is 18.3 Å². The Kier molecular flexibility index (Phi) is 8.72. The molecule has 1 aromatic heterocycles. The highest BCUT2D eigenvalue weighted by Crippen LogP contribution is 2.33. The number of hydrogen-bond donors (Lipinski definition) is 2. The molecule has 1 saturated carbocycles. The maximum absolute atomic E-state index is 13.3. The maximum atomic E-state index is 13.3. The average Bonchev–Trinajstić information content (AvgIpc) is 3.68. The van der Waals surface area contributed by atoms with E-state index in [4.69, 9.17) is 14.6 Å². The molecule has 5 rings (SSSR count). The molecule has 0 bridgehead atoms. The monoisotopic (exact) mass is 584 g/mol. The molecule has 2 N–H and O–H groups in total. The highest BCUT2D eigenvalue weighted by Gasteiger charge is 2.34. The van der Waals surface area contributed by atoms with Crippen LogP contribution in [0.2, 0.25) is 0 Å². The fourth-order valence-electron chi connectivity index (χ4n) is 5.32. The predicted molar refractivity (Wildman–Crippen MR) is 140 cm³/mol. The molecular formula is C27H35F3N4O5S. The van der Waals surface area contributed by atoms with E-state index in [0.717, 1.165) is 12.0 Å². The number of aromatic nitrogens is 2. The second-order valence-corrected chi connectivity index (χ2v) is 12.9. The smallest absolute Gasteiger partial charge is 0.422 e. The Balaban J connectivity index is 1.26. The van der Waals surface area contributed by atoms with E-state index < -0.39 is 28.1 Å². The van der Waals surface area contributed by atoms with Crippen molar-refractivity contribution in [2.24, 2.45) is 5.92 Å². The van der Waals surface area contributed by atoms with Gasteiger partial charge in [-0.25, -0.2) is 13.1 Å². The van der Waals surface area contributed by atoms with Gasteiger partial charge in [0, 0.05) is 32.2 Å². The number of nitrogens with one attached hydrogen (secondary N) is 2. The minimum atomic E-state index is -4.41. The van der Waals surface area contributed by atoms with Crippen molar-refractivity contribution in [1.82, 2.24) is 19.8 Å². The molecule has 40 heavy (non-hydrogen) atoms. The van der Waals surface area contributed by atoms with Crippen LogP contribution in [0.25, 0.3) is 0 Å². The molecule has 2 aromatic rings. The summed E-state index contributed by atoms with van der Waals surface area (Å²) in [5.74, 6) is 0.504. The van der Waals surface area contributed by atoms with E-state index in [-0.39, 0.29) is 24.2 Å². The van der Waals surface area contributed by atoms with E-state index >= 15 is 0 Å². The second kappa shape index (κ2) is 12.1. The summed E-state index contributed by atoms with van der Waals surface area (Å²) < 4.78 is 78.0. The predicted octanol–water partition coefficient (Wildman–Crippen LogP) is 3.51. The van der Waals surface area contributed by atoms with Crippen molar-refractivity contribution >= 4 is 15.9 Å². The van der Waals surface area contributed by atoms with Crippen molar-refractivity contribution in [2.75, 3.05) is 19.8 Å². The summed E-state index contributed by atoms with van der Waals surface area (Å²) in [6.07, 6.45) is 1.33. The molecule has 3 heterocycles. The van der Waals surface area contributed by atoms with Gasteiger partial charge < -0.3 is 14.8 Å². The lowest BCUT2D eigenvalue weighted by atomic mass is 9.95. The van der Waals surface area contributed by atoms with Gasteiger partial charge in [0.05, 0.1) is 28.7 Å². The Bertz CT molecular complexity index is 1300.